The predicted molar refractivity (Wildman–Crippen MR) is 87.0 cm³/mol. The fraction of sp³-hybridized carbons (Fsp3) is 0.579. The molecule has 1 aromatic rings. The molecule has 110 valence electrons. The van der Waals surface area contributed by atoms with Crippen LogP contribution in [0.2, 0.25) is 0 Å². The van der Waals surface area contributed by atoms with Crippen molar-refractivity contribution in [1.82, 2.24) is 0 Å². The van der Waals surface area contributed by atoms with Crippen LogP contribution in [0, 0.1) is 23.7 Å². The Bertz CT molecular complexity index is 662. The minimum absolute atomic E-state index is 0.0782. The van der Waals surface area contributed by atoms with Crippen LogP contribution >= 0.6 is 7.14 Å². The molecule has 1 saturated heterocycles. The summed E-state index contributed by atoms with van der Waals surface area (Å²) in [7, 11) is -2.26. The summed E-state index contributed by atoms with van der Waals surface area (Å²) in [6, 6.07) is 8.82. The van der Waals surface area contributed by atoms with Crippen LogP contribution in [0.3, 0.4) is 0 Å². The molecule has 4 aliphatic rings. The summed E-state index contributed by atoms with van der Waals surface area (Å²) in [6.07, 6.45) is 6.19. The highest BCUT2D eigenvalue weighted by molar-refractivity contribution is 7.67. The van der Waals surface area contributed by atoms with Crippen molar-refractivity contribution in [3.63, 3.8) is 0 Å². The molecule has 7 atom stereocenters. The summed E-state index contributed by atoms with van der Waals surface area (Å²) in [5.41, 5.74) is 3.54. The molecule has 2 aliphatic carbocycles. The third-order valence-corrected chi connectivity index (χ3v) is 11.8. The Morgan fingerprint density at radius 3 is 1.86 bits per heavy atom. The molecule has 1 saturated carbocycles. The van der Waals surface area contributed by atoms with E-state index >= 15 is 0 Å². The van der Waals surface area contributed by atoms with Crippen molar-refractivity contribution in [2.24, 2.45) is 23.7 Å². The highest BCUT2D eigenvalue weighted by Crippen LogP contribution is 2.92. The van der Waals surface area contributed by atoms with Crippen LogP contribution in [-0.4, -0.2) is 5.16 Å². The zero-order valence-electron chi connectivity index (χ0n) is 13.0. The van der Waals surface area contributed by atoms with Crippen LogP contribution in [0.15, 0.2) is 36.4 Å². The van der Waals surface area contributed by atoms with E-state index in [1.807, 2.05) is 0 Å². The van der Waals surface area contributed by atoms with Gasteiger partial charge in [-0.3, -0.25) is 0 Å². The van der Waals surface area contributed by atoms with Crippen LogP contribution in [0.5, 0.6) is 0 Å². The summed E-state index contributed by atoms with van der Waals surface area (Å²) in [5.74, 6) is 2.70. The molecule has 2 heterocycles. The summed E-state index contributed by atoms with van der Waals surface area (Å²) >= 11 is 0. The van der Waals surface area contributed by atoms with Gasteiger partial charge in [0.1, 0.15) is 7.14 Å². The van der Waals surface area contributed by atoms with E-state index in [0.29, 0.717) is 35.0 Å². The van der Waals surface area contributed by atoms with Gasteiger partial charge in [0.15, 0.2) is 0 Å². The molecule has 2 aliphatic heterocycles. The molecule has 2 heteroatoms. The Kier molecular flexibility index (Phi) is 2.16. The lowest BCUT2D eigenvalue weighted by molar-refractivity contribution is 0.305. The molecular formula is C19H23OP. The molecule has 0 radical (unpaired) electrons. The first-order chi connectivity index (χ1) is 9.94. The zero-order chi connectivity index (χ0) is 14.6. The number of allylic oxidation sites excluding steroid dienone is 2. The quantitative estimate of drug-likeness (QED) is 0.463. The standard InChI is InChI=1S/C19H23OP/c1-19(2,3)21(20)17-13-6-4-5-7-14(13)18(21)16-12-9-8-11(10-12)15(16)17/h4-9,11-12,15-18H,10H2,1-3H3/t11-,12+,15+,16-,17+,18-,21?. The van der Waals surface area contributed by atoms with E-state index in [1.54, 1.807) is 0 Å². The molecule has 1 nitrogen and oxygen atoms in total. The van der Waals surface area contributed by atoms with Crippen LogP contribution in [0.4, 0.5) is 0 Å². The Morgan fingerprint density at radius 2 is 1.43 bits per heavy atom. The molecule has 0 N–H and O–H groups in total. The van der Waals surface area contributed by atoms with Crippen molar-refractivity contribution < 1.29 is 4.57 Å². The molecule has 0 spiro atoms. The first-order valence-corrected chi connectivity index (χ1v) is 10.2. The van der Waals surface area contributed by atoms with Gasteiger partial charge in [-0.25, -0.2) is 0 Å². The molecule has 4 bridgehead atoms. The van der Waals surface area contributed by atoms with E-state index in [4.69, 9.17) is 0 Å². The van der Waals surface area contributed by atoms with Crippen LogP contribution in [0.25, 0.3) is 0 Å². The third-order valence-electron chi connectivity index (χ3n) is 6.82. The summed E-state index contributed by atoms with van der Waals surface area (Å²) in [5, 5.41) is -0.0782. The smallest absolute Gasteiger partial charge is 0.108 e. The molecule has 0 aromatic heterocycles. The van der Waals surface area contributed by atoms with E-state index in [2.05, 4.69) is 57.2 Å². The Balaban J connectivity index is 1.80. The second kappa shape index (κ2) is 3.57. The van der Waals surface area contributed by atoms with Crippen LogP contribution < -0.4 is 0 Å². The molecular weight excluding hydrogens is 275 g/mol. The zero-order valence-corrected chi connectivity index (χ0v) is 13.9. The van der Waals surface area contributed by atoms with E-state index in [9.17, 15) is 4.57 Å². The Labute approximate surface area is 127 Å². The SMILES string of the molecule is CC(C)(C)P1(=O)[C@@H]2c3ccccc3[C@H]1[C@@H]1[C@H]2[C@H]2C=C[C@@H]1C2. The summed E-state index contributed by atoms with van der Waals surface area (Å²) in [6.45, 7) is 6.65. The Morgan fingerprint density at radius 1 is 0.952 bits per heavy atom. The molecule has 2 fully saturated rings. The monoisotopic (exact) mass is 298 g/mol. The minimum atomic E-state index is -2.26. The van der Waals surface area contributed by atoms with E-state index in [0.717, 1.165) is 0 Å². The van der Waals surface area contributed by atoms with Gasteiger partial charge in [0.25, 0.3) is 0 Å². The van der Waals surface area contributed by atoms with Crippen molar-refractivity contribution in [1.29, 1.82) is 0 Å². The lowest BCUT2D eigenvalue weighted by atomic mass is 9.71. The predicted octanol–water partition coefficient (Wildman–Crippen LogP) is 5.40. The largest absolute Gasteiger partial charge is 0.322 e. The highest BCUT2D eigenvalue weighted by atomic mass is 31.2. The van der Waals surface area contributed by atoms with Gasteiger partial charge in [-0.1, -0.05) is 57.2 Å². The molecule has 21 heavy (non-hydrogen) atoms. The topological polar surface area (TPSA) is 17.1 Å². The second-order valence-electron chi connectivity index (χ2n) is 8.50. The van der Waals surface area contributed by atoms with Crippen molar-refractivity contribution in [3.8, 4) is 0 Å². The van der Waals surface area contributed by atoms with Gasteiger partial charge in [0, 0.05) is 16.5 Å². The second-order valence-corrected chi connectivity index (χ2v) is 12.4. The van der Waals surface area contributed by atoms with Crippen LogP contribution in [0.1, 0.15) is 49.6 Å². The van der Waals surface area contributed by atoms with Crippen molar-refractivity contribution in [3.05, 3.63) is 47.5 Å². The van der Waals surface area contributed by atoms with Gasteiger partial charge < -0.3 is 4.57 Å². The number of hydrogen-bond donors (Lipinski definition) is 0. The van der Waals surface area contributed by atoms with Crippen molar-refractivity contribution in [2.45, 2.75) is 43.7 Å². The molecule has 0 amide bonds. The highest BCUT2D eigenvalue weighted by Gasteiger charge is 2.71. The van der Waals surface area contributed by atoms with Gasteiger partial charge >= 0.3 is 0 Å². The number of fused-ring (bicyclic) bond motifs is 12. The summed E-state index contributed by atoms with van der Waals surface area (Å²) in [4.78, 5) is 0. The number of hydrogen-bond acceptors (Lipinski definition) is 1. The molecule has 1 aromatic carbocycles. The maximum Gasteiger partial charge on any atom is 0.108 e. The summed E-state index contributed by atoms with van der Waals surface area (Å²) < 4.78 is 14.3. The van der Waals surface area contributed by atoms with Gasteiger partial charge in [-0.2, -0.15) is 0 Å². The first-order valence-electron chi connectivity index (χ1n) is 8.31. The van der Waals surface area contributed by atoms with E-state index in [-0.39, 0.29) is 5.16 Å². The maximum atomic E-state index is 14.3. The minimum Gasteiger partial charge on any atom is -0.322 e. The lowest BCUT2D eigenvalue weighted by Gasteiger charge is -2.34. The van der Waals surface area contributed by atoms with E-state index in [1.165, 1.54) is 17.5 Å². The maximum absolute atomic E-state index is 14.3. The molecule has 5 rings (SSSR count). The lowest BCUT2D eigenvalue weighted by Crippen LogP contribution is -2.25. The van der Waals surface area contributed by atoms with Crippen molar-refractivity contribution >= 4 is 7.14 Å². The van der Waals surface area contributed by atoms with Crippen LogP contribution in [-0.2, 0) is 4.57 Å². The third kappa shape index (κ3) is 1.22. The fourth-order valence-corrected chi connectivity index (χ4v) is 11.4. The van der Waals surface area contributed by atoms with Gasteiger partial charge in [-0.15, -0.1) is 0 Å². The number of benzene rings is 1. The van der Waals surface area contributed by atoms with Gasteiger partial charge in [0.2, 0.25) is 0 Å². The number of rotatable bonds is 0. The normalized spacial score (nSPS) is 48.7. The molecule has 1 unspecified atom stereocenters. The van der Waals surface area contributed by atoms with Gasteiger partial charge in [-0.05, 0) is 41.2 Å². The van der Waals surface area contributed by atoms with Gasteiger partial charge in [0.05, 0.1) is 0 Å². The van der Waals surface area contributed by atoms with Crippen molar-refractivity contribution in [2.75, 3.05) is 0 Å². The fourth-order valence-electron chi connectivity index (χ4n) is 6.18. The Hall–Kier alpha value is -0.810. The average Bonchev–Trinajstić information content (AvgIpc) is 3.13. The van der Waals surface area contributed by atoms with E-state index < -0.39 is 7.14 Å². The average molecular weight is 298 g/mol. The first kappa shape index (κ1) is 12.7.